The number of urea groups is 1. The summed E-state index contributed by atoms with van der Waals surface area (Å²) in [6.07, 6.45) is 1.47. The molecule has 13 heteroatoms. The number of amides is 3. The first-order chi connectivity index (χ1) is 23.3. The molecule has 3 aromatic carbocycles. The van der Waals surface area contributed by atoms with Crippen LogP contribution in [-0.4, -0.2) is 86.9 Å². The van der Waals surface area contributed by atoms with Crippen LogP contribution in [0.25, 0.3) is 0 Å². The molecule has 1 heterocycles. The third kappa shape index (κ3) is 10.4. The molecule has 0 fully saturated rings. The fraction of sp³-hybridized carbons (Fsp3) is 0.444. The van der Waals surface area contributed by atoms with E-state index in [-0.39, 0.29) is 47.9 Å². The molecule has 266 valence electrons. The summed E-state index contributed by atoms with van der Waals surface area (Å²) in [7, 11) is -2.32. The number of likely N-dealkylation sites (N-methyl/N-ethyl adjacent to an activating group) is 1. The van der Waals surface area contributed by atoms with Crippen molar-refractivity contribution in [3.8, 4) is 5.75 Å². The Morgan fingerprint density at radius 1 is 1.06 bits per heavy atom. The van der Waals surface area contributed by atoms with Gasteiger partial charge in [-0.2, -0.15) is 0 Å². The number of rotatable bonds is 8. The lowest BCUT2D eigenvalue weighted by atomic mass is 10.0. The quantitative estimate of drug-likeness (QED) is 0.267. The lowest BCUT2D eigenvalue weighted by molar-refractivity contribution is -0.0115. The van der Waals surface area contributed by atoms with Gasteiger partial charge in [-0.15, -0.1) is 0 Å². The molecule has 0 bridgehead atoms. The minimum absolute atomic E-state index is 0.0843. The van der Waals surface area contributed by atoms with Gasteiger partial charge in [-0.1, -0.05) is 24.6 Å². The van der Waals surface area contributed by atoms with Crippen LogP contribution in [0.2, 0.25) is 0 Å². The molecule has 4 atom stereocenters. The van der Waals surface area contributed by atoms with Crippen molar-refractivity contribution in [1.82, 2.24) is 9.80 Å². The summed E-state index contributed by atoms with van der Waals surface area (Å²) in [6, 6.07) is 15.5. The van der Waals surface area contributed by atoms with Crippen LogP contribution in [0.15, 0.2) is 71.6 Å². The highest BCUT2D eigenvalue weighted by Gasteiger charge is 2.31. The van der Waals surface area contributed by atoms with Crippen LogP contribution < -0.4 is 14.8 Å². The van der Waals surface area contributed by atoms with Crippen LogP contribution in [0.3, 0.4) is 0 Å². The van der Waals surface area contributed by atoms with Gasteiger partial charge in [0.1, 0.15) is 11.6 Å². The summed E-state index contributed by atoms with van der Waals surface area (Å²) >= 11 is 0. The summed E-state index contributed by atoms with van der Waals surface area (Å²) in [6.45, 7) is 7.87. The molecule has 0 unspecified atom stereocenters. The standard InChI is InChI=1S/C36H47FN4O7S/c1-24-9-16-31(17-10-24)49(45,46)39-30-15-18-33-32(20-30)35(43)41(26(3)23-42)21-25(2)34(47-19-7-6-8-27(4)48-33)22-40(5)36(44)38-29-13-11-28(37)12-14-29/h9-18,20,25-27,34,39,42H,6-8,19,21-23H2,1-5H3,(H,38,44)/t25-,26+,27-,34-/m1/s1. The molecule has 3 N–H and O–H groups in total. The number of fused-ring (bicyclic) bond motifs is 1. The lowest BCUT2D eigenvalue weighted by Gasteiger charge is -2.35. The third-order valence-corrected chi connectivity index (χ3v) is 9.93. The first-order valence-electron chi connectivity index (χ1n) is 16.5. The zero-order chi connectivity index (χ0) is 35.7. The molecule has 11 nitrogen and oxygen atoms in total. The van der Waals surface area contributed by atoms with Crippen LogP contribution >= 0.6 is 0 Å². The molecule has 0 saturated carbocycles. The molecule has 0 radical (unpaired) electrons. The summed E-state index contributed by atoms with van der Waals surface area (Å²) in [4.78, 5) is 30.5. The number of carbonyl (C=O) groups is 2. The predicted molar refractivity (Wildman–Crippen MR) is 187 cm³/mol. The van der Waals surface area contributed by atoms with Gasteiger partial charge in [-0.05, 0) is 94.6 Å². The Balaban J connectivity index is 1.62. The van der Waals surface area contributed by atoms with Gasteiger partial charge in [-0.3, -0.25) is 9.52 Å². The number of sulfonamides is 1. The van der Waals surface area contributed by atoms with E-state index in [4.69, 9.17) is 9.47 Å². The average Bonchev–Trinajstić information content (AvgIpc) is 3.07. The molecule has 1 aliphatic rings. The van der Waals surface area contributed by atoms with E-state index >= 15 is 0 Å². The van der Waals surface area contributed by atoms with Crippen molar-refractivity contribution < 1.29 is 37.0 Å². The van der Waals surface area contributed by atoms with Crippen LogP contribution in [-0.2, 0) is 14.8 Å². The summed E-state index contributed by atoms with van der Waals surface area (Å²) in [5, 5.41) is 13.0. The number of ether oxygens (including phenoxy) is 2. The SMILES string of the molecule is Cc1ccc(S(=O)(=O)Nc2ccc3c(c2)C(=O)N([C@@H](C)CO)C[C@@H](C)[C@@H](CN(C)C(=O)Nc2ccc(F)cc2)OCCCC[C@@H](C)O3)cc1. The molecular formula is C36H47FN4O7S. The first-order valence-corrected chi connectivity index (χ1v) is 18.0. The largest absolute Gasteiger partial charge is 0.490 e. The van der Waals surface area contributed by atoms with Crippen molar-refractivity contribution in [3.63, 3.8) is 0 Å². The molecule has 0 saturated heterocycles. The van der Waals surface area contributed by atoms with Crippen molar-refractivity contribution in [2.45, 2.75) is 70.1 Å². The monoisotopic (exact) mass is 698 g/mol. The Labute approximate surface area is 288 Å². The zero-order valence-corrected chi connectivity index (χ0v) is 29.5. The van der Waals surface area contributed by atoms with Crippen molar-refractivity contribution in [3.05, 3.63) is 83.7 Å². The number of anilines is 2. The number of hydrogen-bond donors (Lipinski definition) is 3. The van der Waals surface area contributed by atoms with Crippen molar-refractivity contribution in [2.75, 3.05) is 43.4 Å². The second kappa shape index (κ2) is 17.0. The van der Waals surface area contributed by atoms with E-state index in [1.165, 1.54) is 52.3 Å². The number of halogens is 1. The van der Waals surface area contributed by atoms with Gasteiger partial charge in [0.2, 0.25) is 0 Å². The second-order valence-electron chi connectivity index (χ2n) is 12.7. The first kappa shape index (κ1) is 37.6. The molecule has 1 aliphatic heterocycles. The number of aryl methyl sites for hydroxylation is 1. The number of nitrogens with one attached hydrogen (secondary N) is 2. The van der Waals surface area contributed by atoms with Gasteiger partial charge in [0.15, 0.2) is 0 Å². The Bertz CT molecular complexity index is 1670. The molecule has 0 aromatic heterocycles. The average molecular weight is 699 g/mol. The zero-order valence-electron chi connectivity index (χ0n) is 28.7. The minimum Gasteiger partial charge on any atom is -0.490 e. The number of aliphatic hydroxyl groups is 1. The fourth-order valence-corrected chi connectivity index (χ4v) is 6.53. The number of carbonyl (C=O) groups excluding carboxylic acids is 2. The third-order valence-electron chi connectivity index (χ3n) is 8.53. The number of nitrogens with zero attached hydrogens (tertiary/aromatic N) is 2. The minimum atomic E-state index is -3.95. The molecule has 3 amide bonds. The Kier molecular flexibility index (Phi) is 13.0. The molecule has 49 heavy (non-hydrogen) atoms. The maximum absolute atomic E-state index is 14.4. The Hall–Kier alpha value is -4.20. The summed E-state index contributed by atoms with van der Waals surface area (Å²) in [5.74, 6) is -0.854. The Morgan fingerprint density at radius 2 is 1.73 bits per heavy atom. The van der Waals surface area contributed by atoms with Crippen LogP contribution in [0.4, 0.5) is 20.6 Å². The van der Waals surface area contributed by atoms with Gasteiger partial charge in [0.05, 0.1) is 35.3 Å². The van der Waals surface area contributed by atoms with E-state index < -0.39 is 39.9 Å². The van der Waals surface area contributed by atoms with Crippen molar-refractivity contribution in [2.24, 2.45) is 5.92 Å². The van der Waals surface area contributed by atoms with Crippen LogP contribution in [0.1, 0.15) is 56.0 Å². The molecule has 0 spiro atoms. The predicted octanol–water partition coefficient (Wildman–Crippen LogP) is 5.89. The highest BCUT2D eigenvalue weighted by atomic mass is 32.2. The van der Waals surface area contributed by atoms with Gasteiger partial charge in [0, 0.05) is 44.0 Å². The second-order valence-corrected chi connectivity index (χ2v) is 14.4. The topological polar surface area (TPSA) is 138 Å². The van der Waals surface area contributed by atoms with E-state index in [1.807, 2.05) is 20.8 Å². The summed E-state index contributed by atoms with van der Waals surface area (Å²) in [5.41, 5.74) is 1.70. The van der Waals surface area contributed by atoms with Crippen LogP contribution in [0, 0.1) is 18.7 Å². The van der Waals surface area contributed by atoms with Crippen LogP contribution in [0.5, 0.6) is 5.75 Å². The molecular weight excluding hydrogens is 651 g/mol. The maximum Gasteiger partial charge on any atom is 0.321 e. The fourth-order valence-electron chi connectivity index (χ4n) is 5.49. The van der Waals surface area contributed by atoms with Gasteiger partial charge in [-0.25, -0.2) is 17.6 Å². The van der Waals surface area contributed by atoms with Gasteiger partial charge < -0.3 is 29.7 Å². The summed E-state index contributed by atoms with van der Waals surface area (Å²) < 4.78 is 54.9. The highest BCUT2D eigenvalue weighted by Crippen LogP contribution is 2.29. The normalized spacial score (nSPS) is 19.9. The van der Waals surface area contributed by atoms with Gasteiger partial charge in [0.25, 0.3) is 15.9 Å². The number of aliphatic hydroxyl groups excluding tert-OH is 1. The van der Waals surface area contributed by atoms with Gasteiger partial charge >= 0.3 is 6.03 Å². The molecule has 3 aromatic rings. The maximum atomic E-state index is 14.4. The van der Waals surface area contributed by atoms with E-state index in [0.29, 0.717) is 24.5 Å². The lowest BCUT2D eigenvalue weighted by Crippen LogP contribution is -2.48. The van der Waals surface area contributed by atoms with Crippen molar-refractivity contribution >= 4 is 33.3 Å². The van der Waals surface area contributed by atoms with E-state index in [9.17, 15) is 27.5 Å². The molecule has 0 aliphatic carbocycles. The van der Waals surface area contributed by atoms with E-state index in [1.54, 1.807) is 38.2 Å². The van der Waals surface area contributed by atoms with E-state index in [0.717, 1.165) is 18.4 Å². The number of benzene rings is 3. The Morgan fingerprint density at radius 3 is 2.41 bits per heavy atom. The van der Waals surface area contributed by atoms with Crippen molar-refractivity contribution in [1.29, 1.82) is 0 Å². The highest BCUT2D eigenvalue weighted by molar-refractivity contribution is 7.92. The number of hydrogen-bond acceptors (Lipinski definition) is 7. The molecule has 4 rings (SSSR count). The van der Waals surface area contributed by atoms with E-state index in [2.05, 4.69) is 10.0 Å². The smallest absolute Gasteiger partial charge is 0.321 e.